The van der Waals surface area contributed by atoms with E-state index in [2.05, 4.69) is 23.8 Å². The van der Waals surface area contributed by atoms with E-state index in [0.29, 0.717) is 5.56 Å². The van der Waals surface area contributed by atoms with Crippen molar-refractivity contribution >= 4 is 44.0 Å². The van der Waals surface area contributed by atoms with Gasteiger partial charge in [-0.1, -0.05) is 0 Å². The molecule has 0 spiro atoms. The van der Waals surface area contributed by atoms with Crippen molar-refractivity contribution in [1.82, 2.24) is 19.5 Å². The first kappa shape index (κ1) is 30.5. The lowest BCUT2D eigenvalue weighted by molar-refractivity contribution is -0.132. The summed E-state index contributed by atoms with van der Waals surface area (Å²) in [6, 6.07) is 1.74. The number of phosphoric ester groups is 2. The molecule has 22 heteroatoms. The topological polar surface area (TPSA) is 292 Å². The van der Waals surface area contributed by atoms with Crippen molar-refractivity contribution in [3.8, 4) is 11.4 Å². The zero-order valence-corrected chi connectivity index (χ0v) is 23.1. The molecule has 41 heavy (non-hydrogen) atoms. The Labute approximate surface area is 233 Å². The monoisotopic (exact) mass is 641 g/mol. The van der Waals surface area contributed by atoms with Gasteiger partial charge in [0.1, 0.15) is 48.8 Å². The van der Waals surface area contributed by atoms with Crippen LogP contribution >= 0.6 is 27.0 Å². The zero-order valence-electron chi connectivity index (χ0n) is 20.5. The molecule has 3 unspecified atom stereocenters. The van der Waals surface area contributed by atoms with E-state index < -0.39 is 78.0 Å². The fourth-order valence-electron chi connectivity index (χ4n) is 4.22. The molecule has 0 bridgehead atoms. The summed E-state index contributed by atoms with van der Waals surface area (Å²) < 4.78 is 49.8. The van der Waals surface area contributed by atoms with Crippen LogP contribution in [0.5, 0.6) is 0 Å². The molecule has 2 saturated heterocycles. The molecule has 19 nitrogen and oxygen atoms in total. The average molecular weight is 641 g/mol. The summed E-state index contributed by atoms with van der Waals surface area (Å²) in [6.07, 6.45) is -11.5. The number of phosphoric acid groups is 2. The number of rotatable bonds is 10. The van der Waals surface area contributed by atoms with Crippen LogP contribution in [0, 0.1) is 0 Å². The summed E-state index contributed by atoms with van der Waals surface area (Å²) >= 11 is 1.37. The first-order chi connectivity index (χ1) is 19.3. The number of hydrogen-bond donors (Lipinski definition) is 8. The molecule has 3 aromatic heterocycles. The summed E-state index contributed by atoms with van der Waals surface area (Å²) in [6.45, 7) is -1.82. The molecule has 2 fully saturated rings. The number of anilines is 1. The van der Waals surface area contributed by atoms with Crippen LogP contribution in [0.2, 0.25) is 0 Å². The van der Waals surface area contributed by atoms with Gasteiger partial charge < -0.3 is 50.5 Å². The van der Waals surface area contributed by atoms with Gasteiger partial charge in [-0.3, -0.25) is 13.6 Å². The smallest absolute Gasteiger partial charge is 0.387 e. The molecule has 3 aromatic rings. The number of aliphatic hydroxyl groups is 5. The lowest BCUT2D eigenvalue weighted by Crippen LogP contribution is -2.34. The van der Waals surface area contributed by atoms with Gasteiger partial charge in [-0.2, -0.15) is 15.6 Å². The van der Waals surface area contributed by atoms with E-state index >= 15 is 0 Å². The molecule has 10 atom stereocenters. The summed E-state index contributed by atoms with van der Waals surface area (Å²) in [7, 11) is -10.7. The molecular formula is C19H25N5O14P2S. The van der Waals surface area contributed by atoms with Gasteiger partial charge in [0.25, 0.3) is 0 Å². The Morgan fingerprint density at radius 1 is 0.951 bits per heavy atom. The van der Waals surface area contributed by atoms with Crippen LogP contribution in [0.3, 0.4) is 0 Å². The third-order valence-electron chi connectivity index (χ3n) is 6.22. The van der Waals surface area contributed by atoms with Crippen LogP contribution in [0.25, 0.3) is 22.6 Å². The van der Waals surface area contributed by atoms with Gasteiger partial charge in [0, 0.05) is 10.9 Å². The van der Waals surface area contributed by atoms with E-state index in [4.69, 9.17) is 19.7 Å². The number of hydrogen-bond acceptors (Lipinski definition) is 17. The van der Waals surface area contributed by atoms with Crippen molar-refractivity contribution in [3.63, 3.8) is 0 Å². The molecule has 0 radical (unpaired) electrons. The Morgan fingerprint density at radius 2 is 1.59 bits per heavy atom. The van der Waals surface area contributed by atoms with E-state index in [9.17, 15) is 44.4 Å². The summed E-state index contributed by atoms with van der Waals surface area (Å²) in [4.78, 5) is 32.3. The number of nitrogens with two attached hydrogens (primary N) is 1. The predicted octanol–water partition coefficient (Wildman–Crippen LogP) is -1.55. The summed E-state index contributed by atoms with van der Waals surface area (Å²) in [5.41, 5.74) is 6.92. The van der Waals surface area contributed by atoms with Crippen molar-refractivity contribution in [2.75, 3.05) is 18.9 Å². The zero-order chi connectivity index (χ0) is 29.7. The molecule has 2 aliphatic heterocycles. The maximum absolute atomic E-state index is 12.4. The number of imidazole rings is 1. The highest BCUT2D eigenvalue weighted by Crippen LogP contribution is 2.60. The molecule has 5 rings (SSSR count). The van der Waals surface area contributed by atoms with Gasteiger partial charge in [-0.15, -0.1) is 0 Å². The van der Waals surface area contributed by atoms with E-state index in [-0.39, 0.29) is 22.8 Å². The van der Waals surface area contributed by atoms with Crippen molar-refractivity contribution < 1.29 is 67.3 Å². The Balaban J connectivity index is 1.26. The highest BCUT2D eigenvalue weighted by atomic mass is 32.1. The predicted molar refractivity (Wildman–Crippen MR) is 135 cm³/mol. The Kier molecular flexibility index (Phi) is 8.63. The number of aromatic nitrogens is 4. The quantitative estimate of drug-likeness (QED) is 0.116. The standard InChI is InChI=1S/C19H25N5O14P2S/c20-15-10-17(22-6-21-15)24(16(23-10)7-1-2-41-5-7)18-13(27)11(25)8(36-18)3-34-39(30,31)38-40(32,33)35-4-9-12(26)14(28)19(29)37-9/h1-2,5-6,8-9,11-14,18-19,25-29H,3-4H2,(H,30,31)(H,32,33)(H2,20,21,22)/t8-,9-,11-,12-,13-,14-,18-,19?/m1/s1. The minimum absolute atomic E-state index is 0.0496. The molecular weight excluding hydrogens is 616 g/mol. The van der Waals surface area contributed by atoms with Gasteiger partial charge in [0.15, 0.2) is 29.5 Å². The van der Waals surface area contributed by atoms with Crippen LogP contribution < -0.4 is 5.73 Å². The maximum atomic E-state index is 12.4. The molecule has 5 heterocycles. The Hall–Kier alpha value is -1.97. The number of ether oxygens (including phenoxy) is 2. The van der Waals surface area contributed by atoms with Gasteiger partial charge in [-0.25, -0.2) is 24.1 Å². The lowest BCUT2D eigenvalue weighted by Gasteiger charge is -2.20. The van der Waals surface area contributed by atoms with Crippen LogP contribution in [0.4, 0.5) is 5.82 Å². The third kappa shape index (κ3) is 6.23. The van der Waals surface area contributed by atoms with Gasteiger partial charge in [-0.05, 0) is 11.4 Å². The van der Waals surface area contributed by atoms with Crippen LogP contribution in [0.1, 0.15) is 6.23 Å². The number of thiophene rings is 1. The van der Waals surface area contributed by atoms with E-state index in [1.54, 1.807) is 16.8 Å². The van der Waals surface area contributed by atoms with Gasteiger partial charge >= 0.3 is 15.6 Å². The normalized spacial score (nSPS) is 33.2. The molecule has 2 aliphatic rings. The third-order valence-corrected chi connectivity index (χ3v) is 9.51. The first-order valence-corrected chi connectivity index (χ1v) is 15.6. The van der Waals surface area contributed by atoms with Crippen molar-refractivity contribution in [3.05, 3.63) is 23.2 Å². The van der Waals surface area contributed by atoms with Gasteiger partial charge in [0.05, 0.1) is 13.2 Å². The molecule has 226 valence electrons. The number of aliphatic hydroxyl groups excluding tert-OH is 5. The number of nitrogen functional groups attached to an aromatic ring is 1. The Morgan fingerprint density at radius 3 is 2.17 bits per heavy atom. The van der Waals surface area contributed by atoms with Crippen molar-refractivity contribution in [2.24, 2.45) is 0 Å². The average Bonchev–Trinajstić information content (AvgIpc) is 3.67. The minimum atomic E-state index is -5.36. The maximum Gasteiger partial charge on any atom is 0.481 e. The number of nitrogens with zero attached hydrogens (tertiary/aromatic N) is 4. The van der Waals surface area contributed by atoms with Crippen LogP contribution in [0.15, 0.2) is 23.2 Å². The second-order valence-electron chi connectivity index (χ2n) is 8.95. The highest BCUT2D eigenvalue weighted by molar-refractivity contribution is 7.61. The molecule has 0 aliphatic carbocycles. The second kappa shape index (κ2) is 11.6. The molecule has 0 aromatic carbocycles. The van der Waals surface area contributed by atoms with Crippen LogP contribution in [-0.4, -0.2) is 111 Å². The molecule has 0 amide bonds. The van der Waals surface area contributed by atoms with Gasteiger partial charge in [0.2, 0.25) is 0 Å². The first-order valence-electron chi connectivity index (χ1n) is 11.7. The molecule has 9 N–H and O–H groups in total. The second-order valence-corrected chi connectivity index (χ2v) is 12.8. The van der Waals surface area contributed by atoms with Crippen molar-refractivity contribution in [1.29, 1.82) is 0 Å². The summed E-state index contributed by atoms with van der Waals surface area (Å²) in [5.74, 6) is 0.325. The largest absolute Gasteiger partial charge is 0.481 e. The van der Waals surface area contributed by atoms with E-state index in [0.717, 1.165) is 0 Å². The summed E-state index contributed by atoms with van der Waals surface area (Å²) in [5, 5.41) is 53.5. The lowest BCUT2D eigenvalue weighted by atomic mass is 10.1. The molecule has 0 saturated carbocycles. The fraction of sp³-hybridized carbons (Fsp3) is 0.526. The fourth-order valence-corrected chi connectivity index (χ4v) is 6.95. The van der Waals surface area contributed by atoms with Crippen LogP contribution in [-0.2, 0) is 32.0 Å². The number of fused-ring (bicyclic) bond motifs is 1. The highest BCUT2D eigenvalue weighted by Gasteiger charge is 2.48. The van der Waals surface area contributed by atoms with E-state index in [1.807, 2.05) is 0 Å². The van der Waals surface area contributed by atoms with Crippen molar-refractivity contribution in [2.45, 2.75) is 49.1 Å². The van der Waals surface area contributed by atoms with E-state index in [1.165, 1.54) is 22.2 Å². The SMILES string of the molecule is Nc1ncnc2c1nc(-c1ccsc1)n2[C@@H]1O[C@H](COP(=O)(O)OP(=O)(O)OC[C@H]2OC(O)[C@H](O)[C@@H]2O)[C@@H](O)[C@H]1O. The minimum Gasteiger partial charge on any atom is -0.387 e. The Bertz CT molecular complexity index is 1480.